The van der Waals surface area contributed by atoms with Crippen molar-refractivity contribution < 1.29 is 13.2 Å². The number of nitrogens with one attached hydrogen (secondary N) is 1. The zero-order chi connectivity index (χ0) is 20.0. The van der Waals surface area contributed by atoms with Gasteiger partial charge in [0.2, 0.25) is 15.9 Å². The molecule has 1 N–H and O–H groups in total. The molecule has 1 aromatic carbocycles. The second-order valence-electron chi connectivity index (χ2n) is 6.08. The average Bonchev–Trinajstić information content (AvgIpc) is 2.65. The maximum Gasteiger partial charge on any atom is 0.248 e. The molecule has 0 aliphatic carbocycles. The molecule has 0 saturated carbocycles. The number of carbonyl (C=O) groups is 1. The van der Waals surface area contributed by atoms with Gasteiger partial charge in [-0.15, -0.1) is 0 Å². The molecular weight excluding hydrogens is 362 g/mol. The highest BCUT2D eigenvalue weighted by molar-refractivity contribution is 7.89. The van der Waals surface area contributed by atoms with Crippen molar-refractivity contribution in [3.05, 3.63) is 59.4 Å². The first-order valence-electron chi connectivity index (χ1n) is 8.81. The van der Waals surface area contributed by atoms with E-state index in [-0.39, 0.29) is 10.8 Å². The molecule has 0 unspecified atom stereocenters. The van der Waals surface area contributed by atoms with Crippen molar-refractivity contribution >= 4 is 27.7 Å². The highest BCUT2D eigenvalue weighted by Gasteiger charge is 2.23. The van der Waals surface area contributed by atoms with Crippen molar-refractivity contribution in [2.24, 2.45) is 0 Å². The molecule has 0 fully saturated rings. The Morgan fingerprint density at radius 1 is 1.19 bits per heavy atom. The Balaban J connectivity index is 2.31. The molecule has 1 heterocycles. The van der Waals surface area contributed by atoms with Gasteiger partial charge in [0.15, 0.2) is 0 Å². The minimum absolute atomic E-state index is 0.179. The van der Waals surface area contributed by atoms with Crippen molar-refractivity contribution in [1.82, 2.24) is 9.29 Å². The largest absolute Gasteiger partial charge is 0.322 e. The SMILES string of the molecule is CCN(CC)S(=O)(=O)c1cc(C)c(C)c(NC(=O)C=Cc2ccccn2)c1. The Kier molecular flexibility index (Phi) is 6.87. The van der Waals surface area contributed by atoms with Gasteiger partial charge in [-0.05, 0) is 55.3 Å². The van der Waals surface area contributed by atoms with E-state index in [4.69, 9.17) is 0 Å². The summed E-state index contributed by atoms with van der Waals surface area (Å²) in [6, 6.07) is 8.58. The predicted octanol–water partition coefficient (Wildman–Crippen LogP) is 3.38. The first-order valence-corrected chi connectivity index (χ1v) is 10.2. The third-order valence-electron chi connectivity index (χ3n) is 4.34. The van der Waals surface area contributed by atoms with Crippen molar-refractivity contribution in [3.63, 3.8) is 0 Å². The lowest BCUT2D eigenvalue weighted by molar-refractivity contribution is -0.111. The minimum atomic E-state index is -3.60. The van der Waals surface area contributed by atoms with Gasteiger partial charge in [0.1, 0.15) is 0 Å². The van der Waals surface area contributed by atoms with Crippen molar-refractivity contribution in [3.8, 4) is 0 Å². The molecule has 2 rings (SSSR count). The molecule has 0 aliphatic heterocycles. The summed E-state index contributed by atoms with van der Waals surface area (Å²) < 4.78 is 27.0. The molecule has 27 heavy (non-hydrogen) atoms. The second-order valence-corrected chi connectivity index (χ2v) is 8.02. The number of hydrogen-bond acceptors (Lipinski definition) is 4. The summed E-state index contributed by atoms with van der Waals surface area (Å²) in [5, 5.41) is 2.77. The molecule has 144 valence electrons. The number of sulfonamides is 1. The number of rotatable bonds is 7. The number of carbonyl (C=O) groups excluding carboxylic acids is 1. The van der Waals surface area contributed by atoms with Gasteiger partial charge in [0, 0.05) is 31.0 Å². The topological polar surface area (TPSA) is 79.4 Å². The van der Waals surface area contributed by atoms with Gasteiger partial charge in [-0.3, -0.25) is 9.78 Å². The first-order chi connectivity index (χ1) is 12.8. The molecular formula is C20H25N3O3S. The molecule has 0 atom stereocenters. The third-order valence-corrected chi connectivity index (χ3v) is 6.36. The van der Waals surface area contributed by atoms with Crippen LogP contribution in [0.2, 0.25) is 0 Å². The van der Waals surface area contributed by atoms with Crippen LogP contribution in [0.4, 0.5) is 5.69 Å². The standard InChI is InChI=1S/C20H25N3O3S/c1-5-23(6-2)27(25,26)18-13-15(3)16(4)19(14-18)22-20(24)11-10-17-9-7-8-12-21-17/h7-14H,5-6H2,1-4H3,(H,22,24). The summed E-state index contributed by atoms with van der Waals surface area (Å²) >= 11 is 0. The van der Waals surface area contributed by atoms with Gasteiger partial charge in [0.25, 0.3) is 0 Å². The zero-order valence-electron chi connectivity index (χ0n) is 16.1. The van der Waals surface area contributed by atoms with Gasteiger partial charge in [-0.25, -0.2) is 8.42 Å². The molecule has 0 bridgehead atoms. The van der Waals surface area contributed by atoms with Crippen LogP contribution in [0.25, 0.3) is 6.08 Å². The maximum atomic E-state index is 12.8. The van der Waals surface area contributed by atoms with Gasteiger partial charge in [0.05, 0.1) is 10.6 Å². The van der Waals surface area contributed by atoms with Crippen molar-refractivity contribution in [1.29, 1.82) is 0 Å². The molecule has 7 heteroatoms. The highest BCUT2D eigenvalue weighted by atomic mass is 32.2. The summed E-state index contributed by atoms with van der Waals surface area (Å²) in [7, 11) is -3.60. The van der Waals surface area contributed by atoms with E-state index in [9.17, 15) is 13.2 Å². The van der Waals surface area contributed by atoms with E-state index in [0.717, 1.165) is 11.1 Å². The maximum absolute atomic E-state index is 12.8. The lowest BCUT2D eigenvalue weighted by Crippen LogP contribution is -2.30. The predicted molar refractivity (Wildman–Crippen MR) is 108 cm³/mol. The van der Waals surface area contributed by atoms with Crippen LogP contribution in [0.3, 0.4) is 0 Å². The Morgan fingerprint density at radius 3 is 2.48 bits per heavy atom. The number of amides is 1. The van der Waals surface area contributed by atoms with Gasteiger partial charge in [-0.1, -0.05) is 19.9 Å². The number of benzene rings is 1. The van der Waals surface area contributed by atoms with Crippen LogP contribution < -0.4 is 5.32 Å². The molecule has 0 radical (unpaired) electrons. The molecule has 2 aromatic rings. The minimum Gasteiger partial charge on any atom is -0.322 e. The molecule has 1 amide bonds. The summed E-state index contributed by atoms with van der Waals surface area (Å²) in [6.07, 6.45) is 4.63. The van der Waals surface area contributed by atoms with Crippen LogP contribution in [-0.2, 0) is 14.8 Å². The number of aryl methyl sites for hydroxylation is 1. The molecule has 6 nitrogen and oxygen atoms in total. The summed E-state index contributed by atoms with van der Waals surface area (Å²) in [6.45, 7) is 8.05. The quantitative estimate of drug-likeness (QED) is 0.739. The molecule has 0 aliphatic rings. The molecule has 1 aromatic heterocycles. The van der Waals surface area contributed by atoms with Gasteiger partial charge in [-0.2, -0.15) is 4.31 Å². The van der Waals surface area contributed by atoms with Gasteiger partial charge < -0.3 is 5.32 Å². The third kappa shape index (κ3) is 5.02. The van der Waals surface area contributed by atoms with E-state index < -0.39 is 10.0 Å². The fourth-order valence-corrected chi connectivity index (χ4v) is 4.20. The fraction of sp³-hybridized carbons (Fsp3) is 0.300. The summed E-state index contributed by atoms with van der Waals surface area (Å²) in [4.78, 5) is 16.6. The number of nitrogens with zero attached hydrogens (tertiary/aromatic N) is 2. The van der Waals surface area contributed by atoms with Crippen LogP contribution in [0.1, 0.15) is 30.7 Å². The smallest absolute Gasteiger partial charge is 0.248 e. The van der Waals surface area contributed by atoms with Crippen LogP contribution in [-0.4, -0.2) is 36.7 Å². The summed E-state index contributed by atoms with van der Waals surface area (Å²) in [5.74, 6) is -0.347. The Bertz CT molecular complexity index is 934. The second kappa shape index (κ2) is 8.92. The number of anilines is 1. The Labute approximate surface area is 161 Å². The number of hydrogen-bond donors (Lipinski definition) is 1. The monoisotopic (exact) mass is 387 g/mol. The van der Waals surface area contributed by atoms with Crippen LogP contribution in [0.5, 0.6) is 0 Å². The normalized spacial score (nSPS) is 11.9. The van der Waals surface area contributed by atoms with Crippen molar-refractivity contribution in [2.75, 3.05) is 18.4 Å². The highest BCUT2D eigenvalue weighted by Crippen LogP contribution is 2.26. The van der Waals surface area contributed by atoms with E-state index in [1.54, 1.807) is 44.3 Å². The molecule has 0 spiro atoms. The van der Waals surface area contributed by atoms with E-state index in [1.165, 1.54) is 16.4 Å². The van der Waals surface area contributed by atoms with E-state index in [1.807, 2.05) is 19.9 Å². The average molecular weight is 388 g/mol. The van der Waals surface area contributed by atoms with E-state index in [2.05, 4.69) is 10.3 Å². The lowest BCUT2D eigenvalue weighted by Gasteiger charge is -2.20. The Morgan fingerprint density at radius 2 is 1.89 bits per heavy atom. The Hall–Kier alpha value is -2.51. The van der Waals surface area contributed by atoms with E-state index >= 15 is 0 Å². The van der Waals surface area contributed by atoms with Crippen molar-refractivity contribution in [2.45, 2.75) is 32.6 Å². The summed E-state index contributed by atoms with van der Waals surface area (Å²) in [5.41, 5.74) is 2.77. The van der Waals surface area contributed by atoms with E-state index in [0.29, 0.717) is 24.5 Å². The van der Waals surface area contributed by atoms with Crippen LogP contribution in [0.15, 0.2) is 47.5 Å². The number of aromatic nitrogens is 1. The van der Waals surface area contributed by atoms with Crippen LogP contribution in [0, 0.1) is 13.8 Å². The zero-order valence-corrected chi connectivity index (χ0v) is 16.9. The van der Waals surface area contributed by atoms with Gasteiger partial charge >= 0.3 is 0 Å². The van der Waals surface area contributed by atoms with Crippen LogP contribution >= 0.6 is 0 Å². The fourth-order valence-electron chi connectivity index (χ4n) is 2.63. The molecule has 0 saturated heterocycles. The first kappa shape index (κ1) is 20.8. The number of pyridine rings is 1. The lowest BCUT2D eigenvalue weighted by atomic mass is 10.1.